The fourth-order valence-corrected chi connectivity index (χ4v) is 2.53. The Balaban J connectivity index is 3.23. The average molecular weight is 388 g/mol. The summed E-state index contributed by atoms with van der Waals surface area (Å²) in [6.07, 6.45) is -0.693. The van der Waals surface area contributed by atoms with E-state index >= 15 is 0 Å². The molecule has 146 valence electrons. The number of hydrogen-bond acceptors (Lipinski definition) is 3. The van der Waals surface area contributed by atoms with Crippen LogP contribution in [0.4, 0.5) is 13.6 Å². The normalized spacial score (nSPS) is 15.3. The van der Waals surface area contributed by atoms with Crippen LogP contribution in [0.2, 0.25) is 0 Å². The van der Waals surface area contributed by atoms with Gasteiger partial charge in [0.1, 0.15) is 16.6 Å². The second-order valence-corrected chi connectivity index (χ2v) is 9.74. The molecule has 0 heterocycles. The summed E-state index contributed by atoms with van der Waals surface area (Å²) in [5.41, 5.74) is -0.301. The molecule has 26 heavy (non-hydrogen) atoms. The van der Waals surface area contributed by atoms with Crippen LogP contribution in [0.3, 0.4) is 0 Å². The van der Waals surface area contributed by atoms with Crippen molar-refractivity contribution in [1.29, 1.82) is 0 Å². The minimum Gasteiger partial charge on any atom is -0.444 e. The third-order valence-electron chi connectivity index (χ3n) is 3.06. The van der Waals surface area contributed by atoms with Crippen molar-refractivity contribution in [1.82, 2.24) is 5.32 Å². The molecule has 1 aromatic carbocycles. The Kier molecular flexibility index (Phi) is 7.04. The van der Waals surface area contributed by atoms with Gasteiger partial charge in [-0.15, -0.1) is 0 Å². The lowest BCUT2D eigenvalue weighted by molar-refractivity contribution is 0.0521. The Morgan fingerprint density at radius 1 is 1.15 bits per heavy atom. The standard InChI is InChI=1S/C18H26F2N2O3S/c1-11(21-16(23)25-17(2,3)4)15(22-26(24)18(5,6)7)12-8-9-13(19)14(20)10-12/h8-11H,1-7H3,(H,21,23)/t11-,26?/m0/s1. The second kappa shape index (κ2) is 8.24. The number of ether oxygens (including phenoxy) is 1. The Bertz CT molecular complexity index is 722. The second-order valence-electron chi connectivity index (χ2n) is 7.83. The summed E-state index contributed by atoms with van der Waals surface area (Å²) in [5, 5.41) is 2.58. The van der Waals surface area contributed by atoms with E-state index in [2.05, 4.69) is 9.71 Å². The maximum atomic E-state index is 13.6. The molecule has 0 spiro atoms. The van der Waals surface area contributed by atoms with Gasteiger partial charge in [-0.1, -0.05) is 0 Å². The van der Waals surface area contributed by atoms with E-state index in [1.165, 1.54) is 6.07 Å². The molecule has 1 rings (SSSR count). The summed E-state index contributed by atoms with van der Waals surface area (Å²) < 4.78 is 48.0. The number of amides is 1. The molecule has 5 nitrogen and oxygen atoms in total. The molecule has 1 unspecified atom stereocenters. The van der Waals surface area contributed by atoms with Gasteiger partial charge in [-0.2, -0.15) is 4.40 Å². The molecule has 0 saturated heterocycles. The van der Waals surface area contributed by atoms with Gasteiger partial charge < -0.3 is 10.1 Å². The van der Waals surface area contributed by atoms with Crippen molar-refractivity contribution in [2.75, 3.05) is 0 Å². The summed E-state index contributed by atoms with van der Waals surface area (Å²) >= 11 is 0. The van der Waals surface area contributed by atoms with Gasteiger partial charge in [0.2, 0.25) is 0 Å². The monoisotopic (exact) mass is 388 g/mol. The van der Waals surface area contributed by atoms with Crippen molar-refractivity contribution in [3.8, 4) is 0 Å². The highest BCUT2D eigenvalue weighted by Gasteiger charge is 2.25. The molecule has 0 saturated carbocycles. The molecule has 1 aromatic rings. The summed E-state index contributed by atoms with van der Waals surface area (Å²) in [7, 11) is -1.65. The molecule has 0 aliphatic rings. The maximum absolute atomic E-state index is 13.6. The van der Waals surface area contributed by atoms with Crippen molar-refractivity contribution in [3.05, 3.63) is 35.4 Å². The zero-order chi connectivity index (χ0) is 20.3. The van der Waals surface area contributed by atoms with Crippen LogP contribution in [0.25, 0.3) is 0 Å². The summed E-state index contributed by atoms with van der Waals surface area (Å²) in [5.74, 6) is -2.06. The smallest absolute Gasteiger partial charge is 0.408 e. The Hall–Kier alpha value is -1.83. The highest BCUT2D eigenvalue weighted by Crippen LogP contribution is 2.17. The number of rotatable bonds is 4. The third-order valence-corrected chi connectivity index (χ3v) is 4.47. The quantitative estimate of drug-likeness (QED) is 0.789. The average Bonchev–Trinajstić information content (AvgIpc) is 2.44. The Labute approximate surface area is 155 Å². The van der Waals surface area contributed by atoms with Crippen molar-refractivity contribution in [2.24, 2.45) is 4.40 Å². The van der Waals surface area contributed by atoms with E-state index in [0.29, 0.717) is 0 Å². The van der Waals surface area contributed by atoms with Gasteiger partial charge in [-0.05, 0) is 66.7 Å². The van der Waals surface area contributed by atoms with Gasteiger partial charge >= 0.3 is 6.09 Å². The summed E-state index contributed by atoms with van der Waals surface area (Å²) in [6, 6.07) is 2.51. The number of carbonyl (C=O) groups excluding carboxylic acids is 1. The van der Waals surface area contributed by atoms with E-state index in [1.807, 2.05) is 0 Å². The van der Waals surface area contributed by atoms with Crippen LogP contribution in [0.15, 0.2) is 22.6 Å². The topological polar surface area (TPSA) is 67.8 Å². The van der Waals surface area contributed by atoms with Gasteiger partial charge in [-0.3, -0.25) is 0 Å². The van der Waals surface area contributed by atoms with Gasteiger partial charge in [0.05, 0.1) is 16.5 Å². The Morgan fingerprint density at radius 3 is 2.19 bits per heavy atom. The molecular formula is C18H26F2N2O3S. The Morgan fingerprint density at radius 2 is 1.73 bits per heavy atom. The predicted octanol–water partition coefficient (Wildman–Crippen LogP) is 4.13. The number of halogens is 2. The molecule has 1 amide bonds. The van der Waals surface area contributed by atoms with E-state index in [1.54, 1.807) is 48.5 Å². The van der Waals surface area contributed by atoms with Crippen molar-refractivity contribution in [3.63, 3.8) is 0 Å². The van der Waals surface area contributed by atoms with Gasteiger partial charge in [0.25, 0.3) is 0 Å². The van der Waals surface area contributed by atoms with E-state index < -0.39 is 45.1 Å². The fourth-order valence-electron chi connectivity index (χ4n) is 1.82. The fraction of sp³-hybridized carbons (Fsp3) is 0.556. The zero-order valence-electron chi connectivity index (χ0n) is 16.1. The predicted molar refractivity (Wildman–Crippen MR) is 99.6 cm³/mol. The van der Waals surface area contributed by atoms with Crippen molar-refractivity contribution < 1.29 is 22.5 Å². The molecule has 1 N–H and O–H groups in total. The molecule has 0 fully saturated rings. The number of hydrogen-bond donors (Lipinski definition) is 1. The highest BCUT2D eigenvalue weighted by atomic mass is 32.2. The molecule has 0 aliphatic carbocycles. The first-order valence-corrected chi connectivity index (χ1v) is 9.27. The summed E-state index contributed by atoms with van der Waals surface area (Å²) in [6.45, 7) is 12.0. The number of nitrogens with one attached hydrogen (secondary N) is 1. The minimum atomic E-state index is -1.65. The first-order valence-electron chi connectivity index (χ1n) is 8.16. The number of carbonyl (C=O) groups is 1. The number of nitrogens with zero attached hydrogens (tertiary/aromatic N) is 1. The van der Waals surface area contributed by atoms with Gasteiger partial charge in [0, 0.05) is 5.56 Å². The first kappa shape index (κ1) is 22.2. The van der Waals surface area contributed by atoms with Gasteiger partial charge in [0.15, 0.2) is 11.6 Å². The van der Waals surface area contributed by atoms with Crippen LogP contribution in [0, 0.1) is 11.6 Å². The van der Waals surface area contributed by atoms with Gasteiger partial charge in [-0.25, -0.2) is 17.8 Å². The van der Waals surface area contributed by atoms with E-state index in [4.69, 9.17) is 4.74 Å². The molecule has 0 aliphatic heterocycles. The van der Waals surface area contributed by atoms with E-state index in [9.17, 15) is 17.8 Å². The number of benzene rings is 1. The lowest BCUT2D eigenvalue weighted by atomic mass is 10.0. The third kappa shape index (κ3) is 6.82. The van der Waals surface area contributed by atoms with E-state index in [0.717, 1.165) is 12.1 Å². The minimum absolute atomic E-state index is 0.169. The molecule has 0 bridgehead atoms. The molecular weight excluding hydrogens is 362 g/mol. The van der Waals surface area contributed by atoms with Crippen LogP contribution in [-0.2, 0) is 15.7 Å². The lowest BCUT2D eigenvalue weighted by Crippen LogP contribution is -2.42. The SMILES string of the molecule is C[C@H](NC(=O)OC(C)(C)C)C(=NS(=O)C(C)(C)C)c1ccc(F)c(F)c1. The van der Waals surface area contributed by atoms with Crippen LogP contribution >= 0.6 is 0 Å². The van der Waals surface area contributed by atoms with Crippen LogP contribution in [-0.4, -0.2) is 32.4 Å². The van der Waals surface area contributed by atoms with Crippen LogP contribution in [0.1, 0.15) is 54.0 Å². The zero-order valence-corrected chi connectivity index (χ0v) is 17.0. The molecule has 0 aromatic heterocycles. The highest BCUT2D eigenvalue weighted by molar-refractivity contribution is 7.85. The maximum Gasteiger partial charge on any atom is 0.408 e. The molecule has 2 atom stereocenters. The van der Waals surface area contributed by atoms with Crippen LogP contribution < -0.4 is 5.32 Å². The number of alkyl carbamates (subject to hydrolysis) is 1. The molecule has 0 radical (unpaired) electrons. The van der Waals surface area contributed by atoms with E-state index in [-0.39, 0.29) is 11.3 Å². The van der Waals surface area contributed by atoms with Crippen molar-refractivity contribution >= 4 is 22.8 Å². The lowest BCUT2D eigenvalue weighted by Gasteiger charge is -2.23. The summed E-state index contributed by atoms with van der Waals surface area (Å²) in [4.78, 5) is 12.0. The largest absolute Gasteiger partial charge is 0.444 e. The first-order chi connectivity index (χ1) is 11.7. The van der Waals surface area contributed by atoms with Crippen molar-refractivity contribution in [2.45, 2.75) is 64.9 Å². The molecule has 8 heteroatoms. The van der Waals surface area contributed by atoms with Crippen LogP contribution in [0.5, 0.6) is 0 Å².